The molecule has 0 atom stereocenters. The van der Waals surface area contributed by atoms with Crippen molar-refractivity contribution in [2.45, 2.75) is 26.9 Å². The smallest absolute Gasteiger partial charge is 0.253 e. The molecule has 32 heavy (non-hydrogen) atoms. The van der Waals surface area contributed by atoms with Crippen molar-refractivity contribution in [3.05, 3.63) is 81.6 Å². The number of ether oxygens (including phenoxy) is 1. The van der Waals surface area contributed by atoms with Gasteiger partial charge < -0.3 is 9.64 Å². The molecule has 0 bridgehead atoms. The molecule has 4 rings (SSSR count). The van der Waals surface area contributed by atoms with Crippen LogP contribution in [0, 0.1) is 13.8 Å². The third-order valence-corrected chi connectivity index (χ3v) is 6.55. The van der Waals surface area contributed by atoms with Gasteiger partial charge in [0.25, 0.3) is 5.91 Å². The number of hydrogen-bond acceptors (Lipinski definition) is 4. The second-order valence-electron chi connectivity index (χ2n) is 8.26. The maximum Gasteiger partial charge on any atom is 0.253 e. The van der Waals surface area contributed by atoms with Gasteiger partial charge in [-0.1, -0.05) is 35.9 Å². The van der Waals surface area contributed by atoms with Crippen LogP contribution in [-0.4, -0.2) is 58.8 Å². The second-order valence-corrected chi connectivity index (χ2v) is 8.64. The predicted molar refractivity (Wildman–Crippen MR) is 126 cm³/mol. The van der Waals surface area contributed by atoms with Gasteiger partial charge in [0.05, 0.1) is 30.1 Å². The molecule has 1 aliphatic heterocycles. The van der Waals surface area contributed by atoms with Gasteiger partial charge in [-0.25, -0.2) is 0 Å². The zero-order valence-electron chi connectivity index (χ0n) is 18.8. The molecule has 0 aliphatic carbocycles. The van der Waals surface area contributed by atoms with Gasteiger partial charge in [-0.05, 0) is 49.2 Å². The van der Waals surface area contributed by atoms with Crippen molar-refractivity contribution < 1.29 is 9.53 Å². The van der Waals surface area contributed by atoms with Crippen molar-refractivity contribution in [1.82, 2.24) is 19.6 Å². The number of halogens is 1. The molecule has 3 aromatic rings. The molecule has 1 aliphatic rings. The molecule has 1 aromatic heterocycles. The summed E-state index contributed by atoms with van der Waals surface area (Å²) >= 11 is 6.27. The molecule has 0 spiro atoms. The third-order valence-electron chi connectivity index (χ3n) is 6.00. The van der Waals surface area contributed by atoms with Crippen molar-refractivity contribution in [3.63, 3.8) is 0 Å². The van der Waals surface area contributed by atoms with E-state index in [1.807, 2.05) is 59.8 Å². The minimum atomic E-state index is 0.0827. The summed E-state index contributed by atoms with van der Waals surface area (Å²) in [5.74, 6) is 0.957. The Hall–Kier alpha value is -2.83. The Morgan fingerprint density at radius 1 is 1.00 bits per heavy atom. The number of methoxy groups -OCH3 is 1. The van der Waals surface area contributed by atoms with Crippen LogP contribution in [0.4, 0.5) is 0 Å². The molecule has 2 aromatic carbocycles. The first-order chi connectivity index (χ1) is 15.4. The van der Waals surface area contributed by atoms with Crippen LogP contribution >= 0.6 is 11.6 Å². The molecule has 1 amide bonds. The Bertz CT molecular complexity index is 1100. The van der Waals surface area contributed by atoms with Crippen molar-refractivity contribution >= 4 is 17.5 Å². The number of aryl methyl sites for hydroxylation is 1. The first kappa shape index (κ1) is 22.4. The molecule has 168 valence electrons. The highest BCUT2D eigenvalue weighted by Crippen LogP contribution is 2.21. The van der Waals surface area contributed by atoms with Crippen LogP contribution in [0.25, 0.3) is 0 Å². The molecule has 1 saturated heterocycles. The fraction of sp³-hybridized carbons (Fsp3) is 0.360. The molecule has 7 heteroatoms. The first-order valence-corrected chi connectivity index (χ1v) is 11.3. The number of nitrogens with zero attached hydrogens (tertiary/aromatic N) is 4. The van der Waals surface area contributed by atoms with E-state index in [1.165, 1.54) is 5.56 Å². The molecule has 2 heterocycles. The van der Waals surface area contributed by atoms with Crippen LogP contribution < -0.4 is 4.74 Å². The van der Waals surface area contributed by atoms with Crippen molar-refractivity contribution in [1.29, 1.82) is 0 Å². The van der Waals surface area contributed by atoms with Gasteiger partial charge >= 0.3 is 0 Å². The SMILES string of the molecule is COc1cccc(CN2CCN(C(=O)c3cccc(Cn4nc(C)c(Cl)c4C)c3)CC2)c1. The lowest BCUT2D eigenvalue weighted by Gasteiger charge is -2.35. The van der Waals surface area contributed by atoms with Gasteiger partial charge in [0.15, 0.2) is 0 Å². The summed E-state index contributed by atoms with van der Waals surface area (Å²) in [4.78, 5) is 17.4. The van der Waals surface area contributed by atoms with Gasteiger partial charge in [0.2, 0.25) is 0 Å². The molecular weight excluding hydrogens is 424 g/mol. The highest BCUT2D eigenvalue weighted by Gasteiger charge is 2.22. The van der Waals surface area contributed by atoms with Gasteiger partial charge in [0, 0.05) is 38.3 Å². The molecule has 0 unspecified atom stereocenters. The van der Waals surface area contributed by atoms with Gasteiger partial charge in [-0.3, -0.25) is 14.4 Å². The number of piperazine rings is 1. The largest absolute Gasteiger partial charge is 0.497 e. The van der Waals surface area contributed by atoms with Crippen LogP contribution in [0.2, 0.25) is 5.02 Å². The van der Waals surface area contributed by atoms with Crippen molar-refractivity contribution in [2.75, 3.05) is 33.3 Å². The van der Waals surface area contributed by atoms with E-state index >= 15 is 0 Å². The maximum atomic E-state index is 13.1. The van der Waals surface area contributed by atoms with Crippen LogP contribution in [-0.2, 0) is 13.1 Å². The van der Waals surface area contributed by atoms with E-state index in [2.05, 4.69) is 22.1 Å². The summed E-state index contributed by atoms with van der Waals surface area (Å²) in [5, 5.41) is 5.20. The lowest BCUT2D eigenvalue weighted by molar-refractivity contribution is 0.0628. The predicted octanol–water partition coefficient (Wildman–Crippen LogP) is 4.17. The Balaban J connectivity index is 1.36. The average Bonchev–Trinajstić information content (AvgIpc) is 3.06. The Morgan fingerprint density at radius 3 is 2.34 bits per heavy atom. The van der Waals surface area contributed by atoms with E-state index in [0.29, 0.717) is 11.6 Å². The summed E-state index contributed by atoms with van der Waals surface area (Å²) in [6.45, 7) is 8.47. The lowest BCUT2D eigenvalue weighted by atomic mass is 10.1. The molecule has 1 fully saturated rings. The monoisotopic (exact) mass is 452 g/mol. The van der Waals surface area contributed by atoms with E-state index in [9.17, 15) is 4.79 Å². The summed E-state index contributed by atoms with van der Waals surface area (Å²) in [6, 6.07) is 16.0. The number of amides is 1. The van der Waals surface area contributed by atoms with E-state index in [1.54, 1.807) is 7.11 Å². The van der Waals surface area contributed by atoms with Crippen molar-refractivity contribution in [2.24, 2.45) is 0 Å². The summed E-state index contributed by atoms with van der Waals surface area (Å²) in [7, 11) is 1.69. The number of rotatable bonds is 6. The zero-order valence-corrected chi connectivity index (χ0v) is 19.6. The zero-order chi connectivity index (χ0) is 22.7. The van der Waals surface area contributed by atoms with E-state index < -0.39 is 0 Å². The molecule has 0 saturated carbocycles. The topological polar surface area (TPSA) is 50.6 Å². The number of aromatic nitrogens is 2. The van der Waals surface area contributed by atoms with Gasteiger partial charge in [-0.2, -0.15) is 5.10 Å². The fourth-order valence-corrected chi connectivity index (χ4v) is 4.26. The highest BCUT2D eigenvalue weighted by atomic mass is 35.5. The Kier molecular flexibility index (Phi) is 6.82. The summed E-state index contributed by atoms with van der Waals surface area (Å²) in [5.41, 5.74) is 4.74. The maximum absolute atomic E-state index is 13.1. The molecule has 0 N–H and O–H groups in total. The molecule has 0 radical (unpaired) electrons. The Morgan fingerprint density at radius 2 is 1.69 bits per heavy atom. The number of hydrogen-bond donors (Lipinski definition) is 0. The average molecular weight is 453 g/mol. The standard InChI is InChI=1S/C25H29ClN4O2/c1-18-24(26)19(2)30(27-18)17-20-6-4-8-22(14-20)25(31)29-12-10-28(11-13-29)16-21-7-5-9-23(15-21)32-3/h4-9,14-15H,10-13,16-17H2,1-3H3. The van der Waals surface area contributed by atoms with Gasteiger partial charge in [-0.15, -0.1) is 0 Å². The summed E-state index contributed by atoms with van der Waals surface area (Å²) in [6.07, 6.45) is 0. The van der Waals surface area contributed by atoms with Gasteiger partial charge in [0.1, 0.15) is 5.75 Å². The van der Waals surface area contributed by atoms with E-state index in [0.717, 1.165) is 61.0 Å². The van der Waals surface area contributed by atoms with Crippen molar-refractivity contribution in [3.8, 4) is 5.75 Å². The molecule has 6 nitrogen and oxygen atoms in total. The number of benzene rings is 2. The minimum Gasteiger partial charge on any atom is -0.497 e. The quantitative estimate of drug-likeness (QED) is 0.563. The second kappa shape index (κ2) is 9.76. The van der Waals surface area contributed by atoms with Crippen LogP contribution in [0.1, 0.15) is 32.9 Å². The normalized spacial score (nSPS) is 14.6. The third kappa shape index (κ3) is 4.97. The highest BCUT2D eigenvalue weighted by molar-refractivity contribution is 6.31. The van der Waals surface area contributed by atoms with Crippen LogP contribution in [0.15, 0.2) is 48.5 Å². The lowest BCUT2D eigenvalue weighted by Crippen LogP contribution is -2.48. The van der Waals surface area contributed by atoms with Crippen LogP contribution in [0.3, 0.4) is 0 Å². The number of carbonyl (C=O) groups excluding carboxylic acids is 1. The Labute approximate surface area is 194 Å². The van der Waals surface area contributed by atoms with E-state index in [-0.39, 0.29) is 5.91 Å². The molecular formula is C25H29ClN4O2. The number of carbonyl (C=O) groups is 1. The van der Waals surface area contributed by atoms with E-state index in [4.69, 9.17) is 16.3 Å². The van der Waals surface area contributed by atoms with Crippen LogP contribution in [0.5, 0.6) is 5.75 Å². The minimum absolute atomic E-state index is 0.0827. The first-order valence-electron chi connectivity index (χ1n) is 10.9. The summed E-state index contributed by atoms with van der Waals surface area (Å²) < 4.78 is 7.21. The fourth-order valence-electron chi connectivity index (χ4n) is 4.13.